The summed E-state index contributed by atoms with van der Waals surface area (Å²) in [4.78, 5) is 45.4. The van der Waals surface area contributed by atoms with Crippen molar-refractivity contribution in [3.8, 4) is 0 Å². The van der Waals surface area contributed by atoms with E-state index in [0.29, 0.717) is 44.7 Å². The Labute approximate surface area is 249 Å². The summed E-state index contributed by atoms with van der Waals surface area (Å²) < 4.78 is 7.19. The van der Waals surface area contributed by atoms with Gasteiger partial charge in [-0.2, -0.15) is 5.10 Å². The molecule has 5 rings (SSSR count). The molecule has 2 fully saturated rings. The highest BCUT2D eigenvalue weighted by Gasteiger charge is 2.32. The maximum atomic E-state index is 13.6. The Bertz CT molecular complexity index is 1310. The summed E-state index contributed by atoms with van der Waals surface area (Å²) >= 11 is 0. The van der Waals surface area contributed by atoms with E-state index in [0.717, 1.165) is 50.0 Å². The highest BCUT2D eigenvalue weighted by molar-refractivity contribution is 5.94. The van der Waals surface area contributed by atoms with Crippen LogP contribution in [0.3, 0.4) is 0 Å². The summed E-state index contributed by atoms with van der Waals surface area (Å²) in [5.74, 6) is -0.0169. The molecule has 1 aliphatic carbocycles. The number of piperidine rings is 1. The summed E-state index contributed by atoms with van der Waals surface area (Å²) in [6.45, 7) is 14.0. The lowest BCUT2D eigenvalue weighted by molar-refractivity contribution is -0.132. The standard InChI is InChI=1S/C32H46N6O4/c1-22-9-8-12-26(23(22)2)35-17-19-36(20-18-35)28(39)21-38-27-11-7-6-10-25(27)29(34-38)30(40)37-15-13-24(14-16-37)33-31(41)42-32(3,4)5/h8-9,12,24H,6-7,10-11,13-21H2,1-5H3,(H,33,41). The van der Waals surface area contributed by atoms with Gasteiger partial charge in [0.1, 0.15) is 12.1 Å². The van der Waals surface area contributed by atoms with Crippen LogP contribution in [-0.2, 0) is 28.9 Å². The van der Waals surface area contributed by atoms with Gasteiger partial charge in [0, 0.05) is 62.3 Å². The van der Waals surface area contributed by atoms with Crippen molar-refractivity contribution in [1.29, 1.82) is 0 Å². The number of hydrogen-bond acceptors (Lipinski definition) is 6. The molecule has 1 aromatic heterocycles. The molecule has 0 radical (unpaired) electrons. The summed E-state index contributed by atoms with van der Waals surface area (Å²) in [7, 11) is 0. The Morgan fingerprint density at radius 2 is 1.64 bits per heavy atom. The fourth-order valence-corrected chi connectivity index (χ4v) is 6.33. The first-order valence-corrected chi connectivity index (χ1v) is 15.5. The van der Waals surface area contributed by atoms with Gasteiger partial charge in [0.05, 0.1) is 0 Å². The molecule has 0 spiro atoms. The Balaban J connectivity index is 1.20. The molecule has 0 bridgehead atoms. The van der Waals surface area contributed by atoms with Crippen molar-refractivity contribution in [3.05, 3.63) is 46.3 Å². The molecule has 1 aromatic carbocycles. The number of anilines is 1. The molecule has 2 aliphatic heterocycles. The van der Waals surface area contributed by atoms with Crippen LogP contribution in [0.25, 0.3) is 0 Å². The minimum absolute atomic E-state index is 0.0247. The molecule has 10 nitrogen and oxygen atoms in total. The molecule has 42 heavy (non-hydrogen) atoms. The van der Waals surface area contributed by atoms with E-state index in [-0.39, 0.29) is 24.4 Å². The zero-order valence-corrected chi connectivity index (χ0v) is 25.9. The highest BCUT2D eigenvalue weighted by atomic mass is 16.6. The lowest BCUT2D eigenvalue weighted by atomic mass is 9.95. The minimum atomic E-state index is -0.547. The van der Waals surface area contributed by atoms with Crippen molar-refractivity contribution in [2.24, 2.45) is 0 Å². The van der Waals surface area contributed by atoms with Gasteiger partial charge in [0.15, 0.2) is 5.69 Å². The van der Waals surface area contributed by atoms with Gasteiger partial charge in [0.2, 0.25) is 5.91 Å². The number of aromatic nitrogens is 2. The van der Waals surface area contributed by atoms with Gasteiger partial charge < -0.3 is 24.8 Å². The normalized spacial score (nSPS) is 18.1. The number of carbonyl (C=O) groups excluding carboxylic acids is 3. The largest absolute Gasteiger partial charge is 0.444 e. The van der Waals surface area contributed by atoms with Crippen LogP contribution in [0, 0.1) is 13.8 Å². The molecule has 228 valence electrons. The second-order valence-electron chi connectivity index (χ2n) is 12.9. The van der Waals surface area contributed by atoms with Crippen molar-refractivity contribution in [2.45, 2.75) is 91.3 Å². The Kier molecular flexibility index (Phi) is 8.80. The minimum Gasteiger partial charge on any atom is -0.444 e. The number of hydrogen-bond donors (Lipinski definition) is 1. The second kappa shape index (κ2) is 12.4. The smallest absolute Gasteiger partial charge is 0.407 e. The molecule has 2 aromatic rings. The van der Waals surface area contributed by atoms with E-state index in [1.807, 2.05) is 30.6 Å². The van der Waals surface area contributed by atoms with E-state index in [1.54, 1.807) is 4.68 Å². The van der Waals surface area contributed by atoms with Crippen molar-refractivity contribution in [2.75, 3.05) is 44.2 Å². The zero-order chi connectivity index (χ0) is 30.0. The number of fused-ring (bicyclic) bond motifs is 1. The number of alkyl carbamates (subject to hydrolysis) is 1. The number of ether oxygens (including phenoxy) is 1. The molecule has 3 amide bonds. The van der Waals surface area contributed by atoms with Crippen molar-refractivity contribution in [1.82, 2.24) is 24.9 Å². The van der Waals surface area contributed by atoms with Crippen LogP contribution in [0.15, 0.2) is 18.2 Å². The van der Waals surface area contributed by atoms with E-state index in [9.17, 15) is 14.4 Å². The van der Waals surface area contributed by atoms with E-state index < -0.39 is 11.7 Å². The summed E-state index contributed by atoms with van der Waals surface area (Å²) in [6, 6.07) is 6.37. The number of benzene rings is 1. The number of carbonyl (C=O) groups is 3. The average Bonchev–Trinajstić information content (AvgIpc) is 3.32. The zero-order valence-electron chi connectivity index (χ0n) is 25.9. The third kappa shape index (κ3) is 6.73. The van der Waals surface area contributed by atoms with E-state index in [2.05, 4.69) is 42.3 Å². The number of amides is 3. The number of nitrogens with one attached hydrogen (secondary N) is 1. The predicted molar refractivity (Wildman–Crippen MR) is 162 cm³/mol. The van der Waals surface area contributed by atoms with Gasteiger partial charge in [-0.15, -0.1) is 0 Å². The SMILES string of the molecule is Cc1cccc(N2CCN(C(=O)Cn3nc(C(=O)N4CCC(NC(=O)OC(C)(C)C)CC4)c4c3CCCC4)CC2)c1C. The van der Waals surface area contributed by atoms with Gasteiger partial charge in [-0.25, -0.2) is 4.79 Å². The van der Waals surface area contributed by atoms with Crippen LogP contribution in [0.1, 0.15) is 79.3 Å². The van der Waals surface area contributed by atoms with Gasteiger partial charge in [-0.05, 0) is 90.3 Å². The van der Waals surface area contributed by atoms with Crippen LogP contribution in [0.5, 0.6) is 0 Å². The number of piperazine rings is 1. The first kappa shape index (κ1) is 29.9. The van der Waals surface area contributed by atoms with Crippen LogP contribution in [0.2, 0.25) is 0 Å². The lowest BCUT2D eigenvalue weighted by Crippen LogP contribution is -2.50. The van der Waals surface area contributed by atoms with Gasteiger partial charge in [-0.3, -0.25) is 14.3 Å². The number of rotatable bonds is 5. The number of likely N-dealkylation sites (tertiary alicyclic amines) is 1. The van der Waals surface area contributed by atoms with Crippen LogP contribution in [-0.4, -0.2) is 88.4 Å². The molecule has 0 atom stereocenters. The first-order valence-electron chi connectivity index (χ1n) is 15.5. The predicted octanol–water partition coefficient (Wildman–Crippen LogP) is 3.86. The maximum absolute atomic E-state index is 13.6. The monoisotopic (exact) mass is 578 g/mol. The molecular weight excluding hydrogens is 532 g/mol. The quantitative estimate of drug-likeness (QED) is 0.579. The average molecular weight is 579 g/mol. The molecular formula is C32H46N6O4. The summed E-state index contributed by atoms with van der Waals surface area (Å²) in [6.07, 6.45) is 4.63. The maximum Gasteiger partial charge on any atom is 0.407 e. The first-order chi connectivity index (χ1) is 20.0. The van der Waals surface area contributed by atoms with Crippen molar-refractivity contribution in [3.63, 3.8) is 0 Å². The van der Waals surface area contributed by atoms with Gasteiger partial charge in [-0.1, -0.05) is 12.1 Å². The highest BCUT2D eigenvalue weighted by Crippen LogP contribution is 2.27. The van der Waals surface area contributed by atoms with E-state index >= 15 is 0 Å². The Hall–Kier alpha value is -3.56. The molecule has 0 saturated carbocycles. The molecule has 2 saturated heterocycles. The van der Waals surface area contributed by atoms with Crippen LogP contribution < -0.4 is 10.2 Å². The Morgan fingerprint density at radius 1 is 0.952 bits per heavy atom. The molecule has 0 unspecified atom stereocenters. The molecule has 10 heteroatoms. The van der Waals surface area contributed by atoms with E-state index in [1.165, 1.54) is 16.8 Å². The summed E-state index contributed by atoms with van der Waals surface area (Å²) in [5.41, 5.74) is 5.81. The van der Waals surface area contributed by atoms with Crippen LogP contribution in [0.4, 0.5) is 10.5 Å². The number of nitrogens with zero attached hydrogens (tertiary/aromatic N) is 5. The molecule has 3 aliphatic rings. The fourth-order valence-electron chi connectivity index (χ4n) is 6.33. The Morgan fingerprint density at radius 3 is 2.33 bits per heavy atom. The summed E-state index contributed by atoms with van der Waals surface area (Å²) in [5, 5.41) is 7.71. The van der Waals surface area contributed by atoms with E-state index in [4.69, 9.17) is 9.84 Å². The van der Waals surface area contributed by atoms with Crippen molar-refractivity contribution >= 4 is 23.6 Å². The fraction of sp³-hybridized carbons (Fsp3) is 0.625. The van der Waals surface area contributed by atoms with Crippen LogP contribution >= 0.6 is 0 Å². The number of aryl methyl sites for hydroxylation is 1. The third-order valence-electron chi connectivity index (χ3n) is 8.80. The van der Waals surface area contributed by atoms with Gasteiger partial charge >= 0.3 is 6.09 Å². The topological polar surface area (TPSA) is 100 Å². The lowest BCUT2D eigenvalue weighted by Gasteiger charge is -2.37. The third-order valence-corrected chi connectivity index (χ3v) is 8.80. The molecule has 1 N–H and O–H groups in total. The molecule has 3 heterocycles. The van der Waals surface area contributed by atoms with Crippen molar-refractivity contribution < 1.29 is 19.1 Å². The van der Waals surface area contributed by atoms with Gasteiger partial charge in [0.25, 0.3) is 5.91 Å². The second-order valence-corrected chi connectivity index (χ2v) is 12.9.